The number of guanidine groups is 1. The molecule has 1 aromatic rings. The van der Waals surface area contributed by atoms with Gasteiger partial charge in [0.25, 0.3) is 0 Å². The third-order valence-corrected chi connectivity index (χ3v) is 2.49. The summed E-state index contributed by atoms with van der Waals surface area (Å²) in [6.45, 7) is 1.87. The molecule has 0 atom stereocenters. The molecule has 2 amide bonds. The second-order valence-electron chi connectivity index (χ2n) is 3.51. The van der Waals surface area contributed by atoms with Gasteiger partial charge in [-0.1, -0.05) is 11.6 Å². The van der Waals surface area contributed by atoms with E-state index < -0.39 is 0 Å². The van der Waals surface area contributed by atoms with Gasteiger partial charge in [0.1, 0.15) is 0 Å². The quantitative estimate of drug-likeness (QED) is 0.593. The molecule has 0 radical (unpaired) electrons. The number of carbonyl (C=O) groups excluding carboxylic acids is 1. The third-order valence-electron chi connectivity index (χ3n) is 2.26. The zero-order valence-corrected chi connectivity index (χ0v) is 10.7. The number of halogens is 1. The van der Waals surface area contributed by atoms with E-state index in [1.807, 2.05) is 6.92 Å². The summed E-state index contributed by atoms with van der Waals surface area (Å²) in [7, 11) is 3.07. The molecule has 0 saturated carbocycles. The minimum Gasteiger partial charge on any atom is -0.369 e. The SMILES string of the molecule is CNC(=O)N(C)C(N)=Nc1ccc(Cl)cc1C. The first kappa shape index (κ1) is 13.3. The van der Waals surface area contributed by atoms with Gasteiger partial charge in [0.2, 0.25) is 5.96 Å². The Morgan fingerprint density at radius 3 is 2.71 bits per heavy atom. The lowest BCUT2D eigenvalue weighted by Gasteiger charge is -2.15. The molecule has 0 fully saturated rings. The molecular weight excluding hydrogens is 240 g/mol. The van der Waals surface area contributed by atoms with Crippen molar-refractivity contribution in [3.63, 3.8) is 0 Å². The Labute approximate surface area is 105 Å². The lowest BCUT2D eigenvalue weighted by Crippen LogP contribution is -2.43. The molecule has 6 heteroatoms. The van der Waals surface area contributed by atoms with Gasteiger partial charge in [0, 0.05) is 19.1 Å². The maximum absolute atomic E-state index is 11.3. The number of urea groups is 1. The smallest absolute Gasteiger partial charge is 0.323 e. The number of nitrogens with one attached hydrogen (secondary N) is 1. The number of hydrogen-bond acceptors (Lipinski definition) is 2. The van der Waals surface area contributed by atoms with Crippen LogP contribution in [0.3, 0.4) is 0 Å². The number of amides is 2. The van der Waals surface area contributed by atoms with Crippen LogP contribution in [0.25, 0.3) is 0 Å². The molecule has 1 aromatic carbocycles. The molecule has 0 aromatic heterocycles. The fourth-order valence-corrected chi connectivity index (χ4v) is 1.44. The predicted molar refractivity (Wildman–Crippen MR) is 69.7 cm³/mol. The Kier molecular flexibility index (Phi) is 4.34. The summed E-state index contributed by atoms with van der Waals surface area (Å²) in [4.78, 5) is 16.7. The molecule has 0 unspecified atom stereocenters. The van der Waals surface area contributed by atoms with Gasteiger partial charge in [-0.05, 0) is 30.7 Å². The van der Waals surface area contributed by atoms with E-state index >= 15 is 0 Å². The van der Waals surface area contributed by atoms with E-state index in [2.05, 4.69) is 10.3 Å². The molecule has 0 aliphatic carbocycles. The minimum absolute atomic E-state index is 0.120. The van der Waals surface area contributed by atoms with Crippen molar-refractivity contribution in [2.75, 3.05) is 14.1 Å². The fourth-order valence-electron chi connectivity index (χ4n) is 1.21. The highest BCUT2D eigenvalue weighted by atomic mass is 35.5. The van der Waals surface area contributed by atoms with E-state index in [1.54, 1.807) is 25.2 Å². The Bertz CT molecular complexity index is 459. The van der Waals surface area contributed by atoms with Crippen LogP contribution in [0.1, 0.15) is 5.56 Å². The Balaban J connectivity index is 2.98. The molecule has 0 spiro atoms. The summed E-state index contributed by atoms with van der Waals surface area (Å²) in [6, 6.07) is 4.94. The van der Waals surface area contributed by atoms with Gasteiger partial charge in [-0.3, -0.25) is 4.90 Å². The Morgan fingerprint density at radius 2 is 2.18 bits per heavy atom. The first-order chi connectivity index (χ1) is 7.95. The molecule has 17 heavy (non-hydrogen) atoms. The van der Waals surface area contributed by atoms with Crippen molar-refractivity contribution < 1.29 is 4.79 Å². The second kappa shape index (κ2) is 5.54. The number of rotatable bonds is 1. The number of aliphatic imine (C=N–C) groups is 1. The van der Waals surface area contributed by atoms with Crippen molar-refractivity contribution in [3.8, 4) is 0 Å². The number of aryl methyl sites for hydroxylation is 1. The normalized spacial score (nSPS) is 11.2. The number of hydrogen-bond donors (Lipinski definition) is 2. The summed E-state index contributed by atoms with van der Waals surface area (Å²) >= 11 is 5.83. The maximum atomic E-state index is 11.3. The van der Waals surface area contributed by atoms with Crippen LogP contribution in [0.2, 0.25) is 5.02 Å². The van der Waals surface area contributed by atoms with Gasteiger partial charge >= 0.3 is 6.03 Å². The molecule has 92 valence electrons. The summed E-state index contributed by atoms with van der Waals surface area (Å²) in [5.41, 5.74) is 7.29. The minimum atomic E-state index is -0.321. The molecule has 0 heterocycles. The lowest BCUT2D eigenvalue weighted by atomic mass is 10.2. The Hall–Kier alpha value is -1.75. The standard InChI is InChI=1S/C11H15ClN4O/c1-7-6-8(12)4-5-9(7)15-10(13)16(3)11(17)14-2/h4-6H,1-3H3,(H2,13,15)(H,14,17). The topological polar surface area (TPSA) is 70.7 Å². The van der Waals surface area contributed by atoms with Crippen LogP contribution in [-0.4, -0.2) is 31.0 Å². The molecule has 5 nitrogen and oxygen atoms in total. The van der Waals surface area contributed by atoms with E-state index in [0.717, 1.165) is 5.56 Å². The van der Waals surface area contributed by atoms with Gasteiger partial charge in [0.15, 0.2) is 0 Å². The van der Waals surface area contributed by atoms with Crippen molar-refractivity contribution in [3.05, 3.63) is 28.8 Å². The summed E-state index contributed by atoms with van der Waals surface area (Å²) in [5, 5.41) is 3.10. The van der Waals surface area contributed by atoms with Crippen LogP contribution < -0.4 is 11.1 Å². The van der Waals surface area contributed by atoms with Crippen LogP contribution in [0.5, 0.6) is 0 Å². The first-order valence-electron chi connectivity index (χ1n) is 5.01. The molecular formula is C11H15ClN4O. The molecule has 3 N–H and O–H groups in total. The first-order valence-corrected chi connectivity index (χ1v) is 5.39. The van der Waals surface area contributed by atoms with Crippen molar-refractivity contribution in [2.24, 2.45) is 10.7 Å². The van der Waals surface area contributed by atoms with E-state index in [9.17, 15) is 4.79 Å². The maximum Gasteiger partial charge on any atom is 0.323 e. The highest BCUT2D eigenvalue weighted by molar-refractivity contribution is 6.30. The van der Waals surface area contributed by atoms with Crippen LogP contribution in [0.4, 0.5) is 10.5 Å². The van der Waals surface area contributed by atoms with Gasteiger partial charge in [0.05, 0.1) is 5.69 Å². The zero-order valence-electron chi connectivity index (χ0n) is 9.99. The van der Waals surface area contributed by atoms with Crippen LogP contribution >= 0.6 is 11.6 Å². The summed E-state index contributed by atoms with van der Waals surface area (Å²) in [5.74, 6) is 0.120. The average molecular weight is 255 g/mol. The van der Waals surface area contributed by atoms with Crippen LogP contribution in [0, 0.1) is 6.92 Å². The largest absolute Gasteiger partial charge is 0.369 e. The van der Waals surface area contributed by atoms with E-state index in [1.165, 1.54) is 11.9 Å². The van der Waals surface area contributed by atoms with E-state index in [0.29, 0.717) is 10.7 Å². The summed E-state index contributed by atoms with van der Waals surface area (Å²) in [6.07, 6.45) is 0. The average Bonchev–Trinajstić information content (AvgIpc) is 2.30. The van der Waals surface area contributed by atoms with E-state index in [4.69, 9.17) is 17.3 Å². The number of carbonyl (C=O) groups is 1. The monoisotopic (exact) mass is 254 g/mol. The highest BCUT2D eigenvalue weighted by Gasteiger charge is 2.10. The lowest BCUT2D eigenvalue weighted by molar-refractivity contribution is 0.228. The molecule has 0 aliphatic heterocycles. The molecule has 0 bridgehead atoms. The molecule has 1 rings (SSSR count). The van der Waals surface area contributed by atoms with Gasteiger partial charge in [-0.2, -0.15) is 0 Å². The third kappa shape index (κ3) is 3.35. The Morgan fingerprint density at radius 1 is 1.53 bits per heavy atom. The van der Waals surface area contributed by atoms with Crippen molar-refractivity contribution in [2.45, 2.75) is 6.92 Å². The number of nitrogens with two attached hydrogens (primary N) is 1. The van der Waals surface area contributed by atoms with Gasteiger partial charge in [-0.15, -0.1) is 0 Å². The van der Waals surface area contributed by atoms with Crippen molar-refractivity contribution in [1.82, 2.24) is 10.2 Å². The van der Waals surface area contributed by atoms with Crippen LogP contribution in [-0.2, 0) is 0 Å². The second-order valence-corrected chi connectivity index (χ2v) is 3.95. The predicted octanol–water partition coefficient (Wildman–Crippen LogP) is 1.87. The van der Waals surface area contributed by atoms with Crippen molar-refractivity contribution >= 4 is 29.3 Å². The molecule has 0 aliphatic rings. The van der Waals surface area contributed by atoms with Crippen LogP contribution in [0.15, 0.2) is 23.2 Å². The molecule has 0 saturated heterocycles. The number of benzene rings is 1. The van der Waals surface area contributed by atoms with Gasteiger partial charge in [-0.25, -0.2) is 9.79 Å². The van der Waals surface area contributed by atoms with Crippen molar-refractivity contribution in [1.29, 1.82) is 0 Å². The summed E-state index contributed by atoms with van der Waals surface area (Å²) < 4.78 is 0. The van der Waals surface area contributed by atoms with Gasteiger partial charge < -0.3 is 11.1 Å². The van der Waals surface area contributed by atoms with E-state index in [-0.39, 0.29) is 12.0 Å². The highest BCUT2D eigenvalue weighted by Crippen LogP contribution is 2.22. The zero-order chi connectivity index (χ0) is 13.0. The number of nitrogens with zero attached hydrogens (tertiary/aromatic N) is 2. The fraction of sp³-hybridized carbons (Fsp3) is 0.273.